The Balaban J connectivity index is 1.67. The fourth-order valence-electron chi connectivity index (χ4n) is 2.66. The van der Waals surface area contributed by atoms with E-state index in [0.29, 0.717) is 28.5 Å². The predicted octanol–water partition coefficient (Wildman–Crippen LogP) is 3.75. The van der Waals surface area contributed by atoms with Gasteiger partial charge in [-0.3, -0.25) is 0 Å². The van der Waals surface area contributed by atoms with Crippen LogP contribution < -0.4 is 4.74 Å². The molecule has 4 aromatic rings. The zero-order chi connectivity index (χ0) is 19.0. The lowest BCUT2D eigenvalue weighted by Gasteiger charge is -2.04. The Morgan fingerprint density at radius 3 is 2.56 bits per heavy atom. The largest absolute Gasteiger partial charge is 0.497 e. The zero-order valence-electron chi connectivity index (χ0n) is 15.0. The number of aryl methyl sites for hydroxylation is 1. The van der Waals surface area contributed by atoms with E-state index in [4.69, 9.17) is 9.26 Å². The molecule has 0 saturated heterocycles. The third-order valence-corrected chi connectivity index (χ3v) is 4.27. The first-order valence-electron chi connectivity index (χ1n) is 8.24. The van der Waals surface area contributed by atoms with Gasteiger partial charge in [-0.15, -0.1) is 5.10 Å². The second kappa shape index (κ2) is 6.64. The molecule has 8 heteroatoms. The Morgan fingerprint density at radius 1 is 1.07 bits per heavy atom. The number of nitrogens with zero attached hydrogens (tertiary/aromatic N) is 5. The van der Waals surface area contributed by atoms with E-state index in [1.165, 1.54) is 10.7 Å². The van der Waals surface area contributed by atoms with Gasteiger partial charge in [0.1, 0.15) is 11.6 Å². The molecule has 0 aliphatic heterocycles. The van der Waals surface area contributed by atoms with Crippen LogP contribution in [-0.2, 0) is 0 Å². The van der Waals surface area contributed by atoms with Gasteiger partial charge in [-0.25, -0.2) is 9.07 Å². The molecule has 0 aliphatic carbocycles. The van der Waals surface area contributed by atoms with E-state index in [1.54, 1.807) is 26.2 Å². The first kappa shape index (κ1) is 16.9. The highest BCUT2D eigenvalue weighted by molar-refractivity contribution is 5.59. The van der Waals surface area contributed by atoms with Gasteiger partial charge in [-0.2, -0.15) is 4.98 Å². The third-order valence-electron chi connectivity index (χ3n) is 4.27. The lowest BCUT2D eigenvalue weighted by Crippen LogP contribution is -2.00. The molecule has 0 fully saturated rings. The van der Waals surface area contributed by atoms with Crippen LogP contribution in [0.15, 0.2) is 47.0 Å². The van der Waals surface area contributed by atoms with E-state index in [-0.39, 0.29) is 11.7 Å². The van der Waals surface area contributed by atoms with Crippen molar-refractivity contribution in [1.29, 1.82) is 0 Å². The minimum atomic E-state index is -0.302. The second-order valence-corrected chi connectivity index (χ2v) is 6.02. The highest BCUT2D eigenvalue weighted by Gasteiger charge is 2.19. The first-order valence-corrected chi connectivity index (χ1v) is 8.24. The smallest absolute Gasteiger partial charge is 0.280 e. The molecule has 0 amide bonds. The molecule has 0 N–H and O–H groups in total. The van der Waals surface area contributed by atoms with Crippen LogP contribution in [0.2, 0.25) is 0 Å². The van der Waals surface area contributed by atoms with Gasteiger partial charge in [0, 0.05) is 5.56 Å². The van der Waals surface area contributed by atoms with Crippen molar-refractivity contribution < 1.29 is 13.7 Å². The van der Waals surface area contributed by atoms with Crippen molar-refractivity contribution in [3.8, 4) is 34.4 Å². The number of ether oxygens (including phenoxy) is 1. The molecule has 0 bridgehead atoms. The van der Waals surface area contributed by atoms with Crippen LogP contribution in [0.3, 0.4) is 0 Å². The number of rotatable bonds is 4. The predicted molar refractivity (Wildman–Crippen MR) is 96.1 cm³/mol. The van der Waals surface area contributed by atoms with E-state index >= 15 is 0 Å². The number of benzene rings is 2. The summed E-state index contributed by atoms with van der Waals surface area (Å²) in [6.45, 7) is 3.52. The lowest BCUT2D eigenvalue weighted by molar-refractivity contribution is 0.414. The van der Waals surface area contributed by atoms with Crippen LogP contribution in [0.1, 0.15) is 11.3 Å². The number of hydrogen-bond donors (Lipinski definition) is 0. The van der Waals surface area contributed by atoms with Gasteiger partial charge in [0.25, 0.3) is 5.89 Å². The van der Waals surface area contributed by atoms with Gasteiger partial charge in [-0.05, 0) is 55.8 Å². The van der Waals surface area contributed by atoms with Crippen molar-refractivity contribution in [2.24, 2.45) is 0 Å². The second-order valence-electron chi connectivity index (χ2n) is 6.02. The molecule has 2 heterocycles. The number of methoxy groups -OCH3 is 1. The van der Waals surface area contributed by atoms with Crippen LogP contribution in [0, 0.1) is 19.7 Å². The van der Waals surface area contributed by atoms with Crippen LogP contribution in [0.25, 0.3) is 28.7 Å². The summed E-state index contributed by atoms with van der Waals surface area (Å²) in [6.07, 6.45) is 0. The molecule has 2 aromatic carbocycles. The number of halogens is 1. The molecule has 4 rings (SSSR count). The van der Waals surface area contributed by atoms with E-state index in [0.717, 1.165) is 11.3 Å². The van der Waals surface area contributed by atoms with Crippen molar-refractivity contribution in [1.82, 2.24) is 25.1 Å². The fraction of sp³-hybridized carbons (Fsp3) is 0.158. The number of hydrogen-bond acceptors (Lipinski definition) is 6. The molecular weight excluding hydrogens is 349 g/mol. The maximum Gasteiger partial charge on any atom is 0.280 e. The summed E-state index contributed by atoms with van der Waals surface area (Å²) in [4.78, 5) is 4.40. The summed E-state index contributed by atoms with van der Waals surface area (Å²) in [5, 5.41) is 12.2. The zero-order valence-corrected chi connectivity index (χ0v) is 15.0. The van der Waals surface area contributed by atoms with Gasteiger partial charge in [-0.1, -0.05) is 16.4 Å². The SMILES string of the molecule is COc1ccc(-c2noc(-c3nnn(-c4ccc(C)c(F)c4)c3C)n2)cc1. The van der Waals surface area contributed by atoms with Gasteiger partial charge in [0.2, 0.25) is 5.82 Å². The standard InChI is InChI=1S/C19H16FN5O2/c1-11-4-7-14(10-16(11)20)25-12(2)17(22-24-25)19-21-18(23-27-19)13-5-8-15(26-3)9-6-13/h4-10H,1-3H3. The molecule has 0 saturated carbocycles. The Morgan fingerprint density at radius 2 is 1.85 bits per heavy atom. The van der Waals surface area contributed by atoms with Crippen LogP contribution >= 0.6 is 0 Å². The maximum atomic E-state index is 13.9. The van der Waals surface area contributed by atoms with Gasteiger partial charge in [0.05, 0.1) is 18.5 Å². The molecule has 7 nitrogen and oxygen atoms in total. The summed E-state index contributed by atoms with van der Waals surface area (Å²) in [6, 6.07) is 12.2. The highest BCUT2D eigenvalue weighted by Crippen LogP contribution is 2.25. The molecule has 0 spiro atoms. The number of aromatic nitrogens is 5. The van der Waals surface area contributed by atoms with Crippen molar-refractivity contribution in [2.75, 3.05) is 7.11 Å². The molecule has 0 radical (unpaired) electrons. The average molecular weight is 365 g/mol. The first-order chi connectivity index (χ1) is 13.1. The van der Waals surface area contributed by atoms with Crippen molar-refractivity contribution in [3.05, 3.63) is 59.5 Å². The monoisotopic (exact) mass is 365 g/mol. The van der Waals surface area contributed by atoms with Crippen molar-refractivity contribution >= 4 is 0 Å². The van der Waals surface area contributed by atoms with Crippen LogP contribution in [-0.4, -0.2) is 32.2 Å². The molecule has 0 unspecified atom stereocenters. The topological polar surface area (TPSA) is 78.9 Å². The maximum absolute atomic E-state index is 13.9. The molecule has 27 heavy (non-hydrogen) atoms. The summed E-state index contributed by atoms with van der Waals surface area (Å²) >= 11 is 0. The molecular formula is C19H16FN5O2. The Labute approximate surface area is 154 Å². The fourth-order valence-corrected chi connectivity index (χ4v) is 2.66. The van der Waals surface area contributed by atoms with Crippen LogP contribution in [0.5, 0.6) is 5.75 Å². The summed E-state index contributed by atoms with van der Waals surface area (Å²) < 4.78 is 25.9. The van der Waals surface area contributed by atoms with E-state index in [9.17, 15) is 4.39 Å². The molecule has 136 valence electrons. The summed E-state index contributed by atoms with van der Waals surface area (Å²) in [7, 11) is 1.60. The minimum Gasteiger partial charge on any atom is -0.497 e. The third kappa shape index (κ3) is 3.05. The molecule has 0 atom stereocenters. The lowest BCUT2D eigenvalue weighted by atomic mass is 10.2. The highest BCUT2D eigenvalue weighted by atomic mass is 19.1. The summed E-state index contributed by atoms with van der Waals surface area (Å²) in [5.74, 6) is 1.12. The normalized spacial score (nSPS) is 11.0. The van der Waals surface area contributed by atoms with E-state index in [1.807, 2.05) is 31.2 Å². The molecule has 0 aliphatic rings. The van der Waals surface area contributed by atoms with Gasteiger partial charge >= 0.3 is 0 Å². The van der Waals surface area contributed by atoms with Crippen molar-refractivity contribution in [3.63, 3.8) is 0 Å². The minimum absolute atomic E-state index is 0.247. The summed E-state index contributed by atoms with van der Waals surface area (Å²) in [5.41, 5.74) is 3.05. The molecule has 2 aromatic heterocycles. The Kier molecular flexibility index (Phi) is 4.15. The Hall–Kier alpha value is -3.55. The quantitative estimate of drug-likeness (QED) is 0.548. The van der Waals surface area contributed by atoms with Gasteiger partial charge < -0.3 is 9.26 Å². The van der Waals surface area contributed by atoms with Crippen molar-refractivity contribution in [2.45, 2.75) is 13.8 Å². The average Bonchev–Trinajstić information content (AvgIpc) is 3.31. The van der Waals surface area contributed by atoms with E-state index in [2.05, 4.69) is 20.5 Å². The van der Waals surface area contributed by atoms with Gasteiger partial charge in [0.15, 0.2) is 5.69 Å². The van der Waals surface area contributed by atoms with E-state index < -0.39 is 0 Å². The Bertz CT molecular complexity index is 1100. The van der Waals surface area contributed by atoms with Crippen LogP contribution in [0.4, 0.5) is 4.39 Å².